The largest absolute Gasteiger partial charge is 0.494 e. The monoisotopic (exact) mass is 520 g/mol. The standard InChI is InChI=1S/C28H28N2O6S/c1-2-16-33-22-10-8-21(9-11-22)26-30-28(27(36-26)29-15-14-20-6-4-3-5-7-20)37(31,32)23-12-13-24-25(19-23)35-18-17-34-24/h3-13,19,29H,2,14-18H2,1H3. The lowest BCUT2D eigenvalue weighted by Crippen LogP contribution is -2.16. The third kappa shape index (κ3) is 5.56. The van der Waals surface area contributed by atoms with E-state index in [-0.39, 0.29) is 21.7 Å². The topological polar surface area (TPSA) is 99.9 Å². The molecule has 1 N–H and O–H groups in total. The lowest BCUT2D eigenvalue weighted by molar-refractivity contribution is 0.171. The molecule has 0 saturated carbocycles. The van der Waals surface area contributed by atoms with E-state index in [1.165, 1.54) is 12.1 Å². The van der Waals surface area contributed by atoms with E-state index in [0.717, 1.165) is 17.7 Å². The highest BCUT2D eigenvalue weighted by atomic mass is 32.2. The minimum Gasteiger partial charge on any atom is -0.494 e. The Labute approximate surface area is 216 Å². The van der Waals surface area contributed by atoms with Crippen molar-refractivity contribution in [1.82, 2.24) is 4.98 Å². The van der Waals surface area contributed by atoms with Crippen LogP contribution < -0.4 is 19.5 Å². The molecule has 0 radical (unpaired) electrons. The number of rotatable bonds is 10. The fourth-order valence-electron chi connectivity index (χ4n) is 3.90. The molecule has 192 valence electrons. The van der Waals surface area contributed by atoms with Crippen LogP contribution in [0, 0.1) is 0 Å². The number of benzene rings is 3. The van der Waals surface area contributed by atoms with Crippen LogP contribution in [0.1, 0.15) is 18.9 Å². The van der Waals surface area contributed by atoms with Gasteiger partial charge in [0, 0.05) is 18.2 Å². The van der Waals surface area contributed by atoms with Gasteiger partial charge in [-0.2, -0.15) is 4.98 Å². The molecule has 0 aliphatic carbocycles. The smallest absolute Gasteiger partial charge is 0.233 e. The van der Waals surface area contributed by atoms with Gasteiger partial charge in [-0.15, -0.1) is 0 Å². The van der Waals surface area contributed by atoms with Crippen LogP contribution in [-0.4, -0.2) is 39.8 Å². The van der Waals surface area contributed by atoms with Gasteiger partial charge in [-0.3, -0.25) is 0 Å². The van der Waals surface area contributed by atoms with Crippen LogP contribution in [0.5, 0.6) is 17.2 Å². The van der Waals surface area contributed by atoms with Crippen molar-refractivity contribution < 1.29 is 27.0 Å². The number of nitrogens with one attached hydrogen (secondary N) is 1. The SMILES string of the molecule is CCCOc1ccc(-c2nc(S(=O)(=O)c3ccc4c(c3)OCCO4)c(NCCc3ccccc3)o2)cc1. The molecule has 0 saturated heterocycles. The van der Waals surface area contributed by atoms with Crippen molar-refractivity contribution >= 4 is 15.7 Å². The van der Waals surface area contributed by atoms with Crippen molar-refractivity contribution in [2.24, 2.45) is 0 Å². The van der Waals surface area contributed by atoms with Crippen molar-refractivity contribution in [3.05, 3.63) is 78.4 Å². The Hall–Kier alpha value is -3.98. The van der Waals surface area contributed by atoms with Gasteiger partial charge in [0.2, 0.25) is 26.6 Å². The maximum absolute atomic E-state index is 13.7. The first-order valence-electron chi connectivity index (χ1n) is 12.2. The predicted molar refractivity (Wildman–Crippen MR) is 139 cm³/mol. The van der Waals surface area contributed by atoms with Gasteiger partial charge in [0.1, 0.15) is 19.0 Å². The summed E-state index contributed by atoms with van der Waals surface area (Å²) >= 11 is 0. The number of hydrogen-bond acceptors (Lipinski definition) is 8. The van der Waals surface area contributed by atoms with Gasteiger partial charge in [-0.25, -0.2) is 8.42 Å². The number of anilines is 1. The molecule has 0 bridgehead atoms. The molecule has 2 heterocycles. The molecule has 0 atom stereocenters. The minimum absolute atomic E-state index is 0.0472. The maximum atomic E-state index is 13.7. The second-order valence-corrected chi connectivity index (χ2v) is 10.4. The van der Waals surface area contributed by atoms with E-state index in [9.17, 15) is 8.42 Å². The van der Waals surface area contributed by atoms with E-state index in [0.29, 0.717) is 49.8 Å². The highest BCUT2D eigenvalue weighted by molar-refractivity contribution is 7.91. The molecule has 1 aromatic heterocycles. The number of fused-ring (bicyclic) bond motifs is 1. The van der Waals surface area contributed by atoms with Gasteiger partial charge in [0.05, 0.1) is 11.5 Å². The Morgan fingerprint density at radius 3 is 2.46 bits per heavy atom. The van der Waals surface area contributed by atoms with Gasteiger partial charge < -0.3 is 23.9 Å². The van der Waals surface area contributed by atoms with Crippen LogP contribution in [0.3, 0.4) is 0 Å². The van der Waals surface area contributed by atoms with Crippen LogP contribution in [0.4, 0.5) is 5.88 Å². The van der Waals surface area contributed by atoms with Gasteiger partial charge in [0.25, 0.3) is 0 Å². The molecule has 0 unspecified atom stereocenters. The molecule has 9 heteroatoms. The number of hydrogen-bond donors (Lipinski definition) is 1. The molecule has 1 aliphatic rings. The third-order valence-electron chi connectivity index (χ3n) is 5.79. The summed E-state index contributed by atoms with van der Waals surface area (Å²) in [5.74, 6) is 1.91. The summed E-state index contributed by atoms with van der Waals surface area (Å²) in [4.78, 5) is 4.48. The fraction of sp³-hybridized carbons (Fsp3) is 0.250. The van der Waals surface area contributed by atoms with Crippen molar-refractivity contribution in [3.8, 4) is 28.7 Å². The average Bonchev–Trinajstić information content (AvgIpc) is 3.37. The first kappa shape index (κ1) is 24.7. The van der Waals surface area contributed by atoms with E-state index in [2.05, 4.69) is 10.3 Å². The Bertz CT molecular complexity index is 1450. The van der Waals surface area contributed by atoms with Crippen molar-refractivity contribution in [2.45, 2.75) is 29.7 Å². The van der Waals surface area contributed by atoms with Gasteiger partial charge in [-0.05, 0) is 54.8 Å². The lowest BCUT2D eigenvalue weighted by Gasteiger charge is -2.18. The number of nitrogens with zero attached hydrogens (tertiary/aromatic N) is 1. The summed E-state index contributed by atoms with van der Waals surface area (Å²) in [6, 6.07) is 21.7. The molecule has 0 spiro atoms. The summed E-state index contributed by atoms with van der Waals surface area (Å²) in [5, 5.41) is 2.96. The molecule has 4 aromatic rings. The van der Waals surface area contributed by atoms with Crippen LogP contribution in [0.2, 0.25) is 0 Å². The Morgan fingerprint density at radius 2 is 1.70 bits per heavy atom. The molecule has 0 amide bonds. The Balaban J connectivity index is 1.47. The molecular formula is C28H28N2O6S. The van der Waals surface area contributed by atoms with Crippen LogP contribution in [-0.2, 0) is 16.3 Å². The van der Waals surface area contributed by atoms with Crippen LogP contribution >= 0.6 is 0 Å². The summed E-state index contributed by atoms with van der Waals surface area (Å²) < 4.78 is 50.2. The zero-order valence-corrected chi connectivity index (χ0v) is 21.3. The van der Waals surface area contributed by atoms with Crippen LogP contribution in [0.15, 0.2) is 87.1 Å². The Kier molecular flexibility index (Phi) is 7.32. The van der Waals surface area contributed by atoms with E-state index < -0.39 is 9.84 Å². The zero-order chi connectivity index (χ0) is 25.7. The molecule has 1 aliphatic heterocycles. The summed E-state index contributed by atoms with van der Waals surface area (Å²) in [6.07, 6.45) is 1.59. The number of sulfone groups is 1. The third-order valence-corrected chi connectivity index (χ3v) is 7.45. The second-order valence-electron chi connectivity index (χ2n) is 8.50. The highest BCUT2D eigenvalue weighted by Gasteiger charge is 2.30. The molecular weight excluding hydrogens is 492 g/mol. The van der Waals surface area contributed by atoms with Gasteiger partial charge in [0.15, 0.2) is 11.5 Å². The number of ether oxygens (including phenoxy) is 3. The quantitative estimate of drug-likeness (QED) is 0.297. The predicted octanol–water partition coefficient (Wildman–Crippen LogP) is 5.39. The van der Waals surface area contributed by atoms with Gasteiger partial charge in [-0.1, -0.05) is 37.3 Å². The van der Waals surface area contributed by atoms with E-state index in [1.807, 2.05) is 49.4 Å². The first-order chi connectivity index (χ1) is 18.0. The highest BCUT2D eigenvalue weighted by Crippen LogP contribution is 2.37. The van der Waals surface area contributed by atoms with E-state index in [4.69, 9.17) is 18.6 Å². The van der Waals surface area contributed by atoms with Crippen molar-refractivity contribution in [3.63, 3.8) is 0 Å². The van der Waals surface area contributed by atoms with E-state index >= 15 is 0 Å². The molecule has 37 heavy (non-hydrogen) atoms. The van der Waals surface area contributed by atoms with Crippen molar-refractivity contribution in [1.29, 1.82) is 0 Å². The minimum atomic E-state index is -4.03. The molecule has 3 aromatic carbocycles. The number of aromatic nitrogens is 1. The normalized spacial score (nSPS) is 12.8. The van der Waals surface area contributed by atoms with Crippen LogP contribution in [0.25, 0.3) is 11.5 Å². The zero-order valence-electron chi connectivity index (χ0n) is 20.5. The molecule has 5 rings (SSSR count). The summed E-state index contributed by atoms with van der Waals surface area (Å²) in [6.45, 7) is 3.90. The lowest BCUT2D eigenvalue weighted by atomic mass is 10.1. The molecule has 8 nitrogen and oxygen atoms in total. The maximum Gasteiger partial charge on any atom is 0.233 e. The van der Waals surface area contributed by atoms with Crippen molar-refractivity contribution in [2.75, 3.05) is 31.7 Å². The fourth-order valence-corrected chi connectivity index (χ4v) is 5.20. The average molecular weight is 521 g/mol. The summed E-state index contributed by atoms with van der Waals surface area (Å²) in [5.41, 5.74) is 1.76. The van der Waals surface area contributed by atoms with E-state index in [1.54, 1.807) is 18.2 Å². The second kappa shape index (κ2) is 11.0. The molecule has 0 fully saturated rings. The first-order valence-corrected chi connectivity index (χ1v) is 13.7. The Morgan fingerprint density at radius 1 is 0.946 bits per heavy atom. The van der Waals surface area contributed by atoms with Gasteiger partial charge >= 0.3 is 0 Å². The summed E-state index contributed by atoms with van der Waals surface area (Å²) in [7, 11) is -4.03. The number of oxazole rings is 1.